The summed E-state index contributed by atoms with van der Waals surface area (Å²) in [4.78, 5) is 22.9. The van der Waals surface area contributed by atoms with Gasteiger partial charge >= 0.3 is 11.9 Å². The molecular formula is C17H32O4. The van der Waals surface area contributed by atoms with E-state index in [-0.39, 0.29) is 11.9 Å². The Morgan fingerprint density at radius 3 is 1.52 bits per heavy atom. The van der Waals surface area contributed by atoms with Crippen molar-refractivity contribution in [3.63, 3.8) is 0 Å². The molecule has 0 amide bonds. The third-order valence-corrected chi connectivity index (χ3v) is 3.90. The Balaban J connectivity index is 3.51. The van der Waals surface area contributed by atoms with Crippen LogP contribution < -0.4 is 0 Å². The minimum atomic E-state index is -0.217. The first kappa shape index (κ1) is 19.9. The van der Waals surface area contributed by atoms with Crippen LogP contribution in [-0.4, -0.2) is 25.2 Å². The molecule has 0 saturated heterocycles. The van der Waals surface area contributed by atoms with Crippen LogP contribution in [0, 0.1) is 11.8 Å². The van der Waals surface area contributed by atoms with Gasteiger partial charge < -0.3 is 9.47 Å². The fraction of sp³-hybridized carbons (Fsp3) is 0.882. The van der Waals surface area contributed by atoms with Crippen molar-refractivity contribution >= 4 is 11.9 Å². The van der Waals surface area contributed by atoms with E-state index in [1.165, 1.54) is 0 Å². The van der Waals surface area contributed by atoms with Crippen molar-refractivity contribution in [1.29, 1.82) is 0 Å². The van der Waals surface area contributed by atoms with Gasteiger partial charge in [-0.2, -0.15) is 0 Å². The van der Waals surface area contributed by atoms with E-state index in [1.807, 2.05) is 0 Å². The molecule has 124 valence electrons. The average molecular weight is 300 g/mol. The van der Waals surface area contributed by atoms with E-state index in [4.69, 9.17) is 9.47 Å². The molecule has 0 aromatic heterocycles. The lowest BCUT2D eigenvalue weighted by Gasteiger charge is -2.10. The Kier molecular flexibility index (Phi) is 12.0. The van der Waals surface area contributed by atoms with Gasteiger partial charge in [-0.3, -0.25) is 9.59 Å². The second kappa shape index (κ2) is 12.7. The topological polar surface area (TPSA) is 52.6 Å². The van der Waals surface area contributed by atoms with Crippen LogP contribution >= 0.6 is 0 Å². The Morgan fingerprint density at radius 2 is 1.19 bits per heavy atom. The van der Waals surface area contributed by atoms with Crippen LogP contribution in [0.15, 0.2) is 0 Å². The molecule has 4 nitrogen and oxygen atoms in total. The van der Waals surface area contributed by atoms with E-state index in [0.717, 1.165) is 25.7 Å². The Morgan fingerprint density at radius 1 is 0.810 bits per heavy atom. The van der Waals surface area contributed by atoms with Gasteiger partial charge in [0.2, 0.25) is 0 Å². The van der Waals surface area contributed by atoms with E-state index in [1.54, 1.807) is 0 Å². The lowest BCUT2D eigenvalue weighted by Crippen LogP contribution is -2.11. The molecule has 0 aliphatic carbocycles. The molecule has 0 spiro atoms. The highest BCUT2D eigenvalue weighted by atomic mass is 16.5. The van der Waals surface area contributed by atoms with Crippen LogP contribution in [0.2, 0.25) is 0 Å². The van der Waals surface area contributed by atoms with E-state index in [9.17, 15) is 9.59 Å². The minimum Gasteiger partial charge on any atom is -0.466 e. The molecule has 0 saturated carbocycles. The maximum atomic E-state index is 11.5. The Hall–Kier alpha value is -1.06. The number of carbonyl (C=O) groups excluding carboxylic acids is 2. The highest BCUT2D eigenvalue weighted by Gasteiger charge is 2.08. The van der Waals surface area contributed by atoms with Gasteiger partial charge in [0.1, 0.15) is 0 Å². The number of rotatable bonds is 12. The van der Waals surface area contributed by atoms with Crippen LogP contribution in [-0.2, 0) is 19.1 Å². The number of hydrogen-bond donors (Lipinski definition) is 0. The number of esters is 2. The quantitative estimate of drug-likeness (QED) is 0.509. The van der Waals surface area contributed by atoms with E-state index in [0.29, 0.717) is 44.3 Å². The minimum absolute atomic E-state index is 0.217. The SMILES string of the molecule is CCC(C)CCOC(=O)CCCC(=O)OCCC(C)CC. The zero-order chi connectivity index (χ0) is 16.1. The summed E-state index contributed by atoms with van der Waals surface area (Å²) < 4.78 is 10.3. The fourth-order valence-electron chi connectivity index (χ4n) is 1.68. The zero-order valence-corrected chi connectivity index (χ0v) is 14.2. The Labute approximate surface area is 129 Å². The fourth-order valence-corrected chi connectivity index (χ4v) is 1.68. The van der Waals surface area contributed by atoms with Gasteiger partial charge in [-0.25, -0.2) is 0 Å². The molecule has 21 heavy (non-hydrogen) atoms. The van der Waals surface area contributed by atoms with Gasteiger partial charge in [0, 0.05) is 12.8 Å². The predicted molar refractivity (Wildman–Crippen MR) is 83.9 cm³/mol. The summed E-state index contributed by atoms with van der Waals surface area (Å²) in [6.45, 7) is 9.49. The van der Waals surface area contributed by atoms with Crippen LogP contribution in [0.4, 0.5) is 0 Å². The molecule has 0 radical (unpaired) electrons. The Bertz CT molecular complexity index is 261. The maximum absolute atomic E-state index is 11.5. The van der Waals surface area contributed by atoms with Crippen LogP contribution in [0.3, 0.4) is 0 Å². The first-order valence-electron chi connectivity index (χ1n) is 8.30. The van der Waals surface area contributed by atoms with Crippen LogP contribution in [0.25, 0.3) is 0 Å². The largest absolute Gasteiger partial charge is 0.466 e. The summed E-state index contributed by atoms with van der Waals surface area (Å²) >= 11 is 0. The van der Waals surface area contributed by atoms with E-state index >= 15 is 0 Å². The number of hydrogen-bond acceptors (Lipinski definition) is 4. The molecule has 0 aromatic rings. The van der Waals surface area contributed by atoms with Gasteiger partial charge in [0.05, 0.1) is 13.2 Å². The lowest BCUT2D eigenvalue weighted by molar-refractivity contribution is -0.145. The van der Waals surface area contributed by atoms with Crippen molar-refractivity contribution in [3.8, 4) is 0 Å². The highest BCUT2D eigenvalue weighted by Crippen LogP contribution is 2.08. The molecule has 0 heterocycles. The highest BCUT2D eigenvalue weighted by molar-refractivity contribution is 5.72. The maximum Gasteiger partial charge on any atom is 0.305 e. The van der Waals surface area contributed by atoms with Crippen molar-refractivity contribution in [1.82, 2.24) is 0 Å². The summed E-state index contributed by atoms with van der Waals surface area (Å²) in [5.74, 6) is 0.730. The van der Waals surface area contributed by atoms with Crippen molar-refractivity contribution in [2.75, 3.05) is 13.2 Å². The second-order valence-electron chi connectivity index (χ2n) is 5.90. The second-order valence-corrected chi connectivity index (χ2v) is 5.90. The standard InChI is InChI=1S/C17H32O4/c1-5-14(3)10-12-20-16(18)8-7-9-17(19)21-13-11-15(4)6-2/h14-15H,5-13H2,1-4H3. The summed E-state index contributed by atoms with van der Waals surface area (Å²) in [5.41, 5.74) is 0. The molecule has 0 N–H and O–H groups in total. The van der Waals surface area contributed by atoms with Crippen molar-refractivity contribution in [3.05, 3.63) is 0 Å². The van der Waals surface area contributed by atoms with Gasteiger partial charge in [-0.1, -0.05) is 40.5 Å². The molecule has 0 fully saturated rings. The van der Waals surface area contributed by atoms with Crippen molar-refractivity contribution in [2.24, 2.45) is 11.8 Å². The summed E-state index contributed by atoms with van der Waals surface area (Å²) in [6, 6.07) is 0. The van der Waals surface area contributed by atoms with Crippen LogP contribution in [0.1, 0.15) is 72.6 Å². The van der Waals surface area contributed by atoms with Crippen LogP contribution in [0.5, 0.6) is 0 Å². The smallest absolute Gasteiger partial charge is 0.305 e. The summed E-state index contributed by atoms with van der Waals surface area (Å²) in [6.07, 6.45) is 5.09. The number of carbonyl (C=O) groups is 2. The van der Waals surface area contributed by atoms with Gasteiger partial charge in [0.25, 0.3) is 0 Å². The first-order chi connectivity index (χ1) is 9.99. The summed E-state index contributed by atoms with van der Waals surface area (Å²) in [7, 11) is 0. The van der Waals surface area contributed by atoms with E-state index < -0.39 is 0 Å². The molecule has 0 aliphatic rings. The molecule has 0 rings (SSSR count). The molecule has 2 unspecified atom stereocenters. The molecule has 0 aromatic carbocycles. The zero-order valence-electron chi connectivity index (χ0n) is 14.2. The van der Waals surface area contributed by atoms with Crippen molar-refractivity contribution < 1.29 is 19.1 Å². The molecular weight excluding hydrogens is 268 g/mol. The monoisotopic (exact) mass is 300 g/mol. The molecule has 4 heteroatoms. The number of ether oxygens (including phenoxy) is 2. The van der Waals surface area contributed by atoms with E-state index in [2.05, 4.69) is 27.7 Å². The third kappa shape index (κ3) is 12.4. The predicted octanol–water partition coefficient (Wildman–Crippen LogP) is 4.12. The first-order valence-corrected chi connectivity index (χ1v) is 8.30. The van der Waals surface area contributed by atoms with Gasteiger partial charge in [-0.05, 0) is 31.1 Å². The van der Waals surface area contributed by atoms with Crippen molar-refractivity contribution in [2.45, 2.75) is 72.6 Å². The normalized spacial score (nSPS) is 13.5. The van der Waals surface area contributed by atoms with Gasteiger partial charge in [-0.15, -0.1) is 0 Å². The third-order valence-electron chi connectivity index (χ3n) is 3.90. The summed E-state index contributed by atoms with van der Waals surface area (Å²) in [5, 5.41) is 0. The van der Waals surface area contributed by atoms with Gasteiger partial charge in [0.15, 0.2) is 0 Å². The molecule has 2 atom stereocenters. The molecule has 0 bridgehead atoms. The average Bonchev–Trinajstić information content (AvgIpc) is 2.46. The lowest BCUT2D eigenvalue weighted by atomic mass is 10.1. The molecule has 0 aliphatic heterocycles.